The van der Waals surface area contributed by atoms with Crippen molar-refractivity contribution in [2.45, 2.75) is 19.6 Å². The summed E-state index contributed by atoms with van der Waals surface area (Å²) in [5.74, 6) is 0.534. The zero-order chi connectivity index (χ0) is 15.6. The number of aryl methyl sites for hydroxylation is 2. The van der Waals surface area contributed by atoms with Gasteiger partial charge in [-0.3, -0.25) is 4.68 Å². The smallest absolute Gasteiger partial charge is 0.217 e. The van der Waals surface area contributed by atoms with Crippen LogP contribution in [0.4, 0.5) is 0 Å². The van der Waals surface area contributed by atoms with E-state index in [0.717, 1.165) is 4.47 Å². The van der Waals surface area contributed by atoms with Crippen LogP contribution in [0.15, 0.2) is 10.7 Å². The van der Waals surface area contributed by atoms with E-state index in [9.17, 15) is 5.11 Å². The number of aliphatic hydroxyl groups excluding tert-OH is 1. The zero-order valence-electron chi connectivity index (χ0n) is 12.5. The second kappa shape index (κ2) is 6.59. The molecule has 21 heavy (non-hydrogen) atoms. The van der Waals surface area contributed by atoms with Gasteiger partial charge in [0.15, 0.2) is 0 Å². The molecule has 0 spiro atoms. The molecule has 0 radical (unpaired) electrons. The van der Waals surface area contributed by atoms with Crippen LogP contribution in [-0.2, 0) is 18.3 Å². The molecule has 0 bridgehead atoms. The SMILES string of the molecule is COCCn1ncc(Br)c1C(O)c1c(C)nn(C)c1OC. The van der Waals surface area contributed by atoms with E-state index in [0.29, 0.717) is 36.0 Å². The van der Waals surface area contributed by atoms with Crippen molar-refractivity contribution >= 4 is 15.9 Å². The Morgan fingerprint density at radius 1 is 1.43 bits per heavy atom. The Morgan fingerprint density at radius 3 is 2.76 bits per heavy atom. The lowest BCUT2D eigenvalue weighted by atomic mass is 10.1. The molecule has 1 N–H and O–H groups in total. The van der Waals surface area contributed by atoms with Gasteiger partial charge in [-0.05, 0) is 22.9 Å². The molecular weight excluding hydrogens is 340 g/mol. The molecule has 0 amide bonds. The molecule has 0 saturated carbocycles. The van der Waals surface area contributed by atoms with Crippen LogP contribution in [0.25, 0.3) is 0 Å². The zero-order valence-corrected chi connectivity index (χ0v) is 14.1. The van der Waals surface area contributed by atoms with Crippen LogP contribution >= 0.6 is 15.9 Å². The van der Waals surface area contributed by atoms with E-state index in [2.05, 4.69) is 26.1 Å². The fourth-order valence-electron chi connectivity index (χ4n) is 2.35. The Hall–Kier alpha value is -1.38. The molecule has 0 saturated heterocycles. The highest BCUT2D eigenvalue weighted by atomic mass is 79.9. The van der Waals surface area contributed by atoms with Crippen LogP contribution in [0.2, 0.25) is 0 Å². The first kappa shape index (κ1) is 16.0. The van der Waals surface area contributed by atoms with E-state index in [1.54, 1.807) is 36.8 Å². The molecule has 1 atom stereocenters. The number of rotatable bonds is 6. The van der Waals surface area contributed by atoms with Gasteiger partial charge in [0.1, 0.15) is 6.10 Å². The second-order valence-corrected chi connectivity index (χ2v) is 5.48. The molecule has 1 unspecified atom stereocenters. The van der Waals surface area contributed by atoms with E-state index < -0.39 is 6.10 Å². The van der Waals surface area contributed by atoms with Gasteiger partial charge in [-0.15, -0.1) is 0 Å². The lowest BCUT2D eigenvalue weighted by Gasteiger charge is -2.15. The Balaban J connectivity index is 2.45. The monoisotopic (exact) mass is 358 g/mol. The summed E-state index contributed by atoms with van der Waals surface area (Å²) < 4.78 is 14.5. The minimum atomic E-state index is -0.887. The third kappa shape index (κ3) is 2.97. The molecule has 0 aromatic carbocycles. The maximum Gasteiger partial charge on any atom is 0.217 e. The van der Waals surface area contributed by atoms with Crippen LogP contribution in [0.3, 0.4) is 0 Å². The van der Waals surface area contributed by atoms with Gasteiger partial charge >= 0.3 is 0 Å². The highest BCUT2D eigenvalue weighted by Gasteiger charge is 2.27. The number of hydrogen-bond donors (Lipinski definition) is 1. The van der Waals surface area contributed by atoms with Crippen molar-refractivity contribution in [1.29, 1.82) is 0 Å². The summed E-state index contributed by atoms with van der Waals surface area (Å²) in [4.78, 5) is 0. The third-order valence-corrected chi connectivity index (χ3v) is 3.89. The Morgan fingerprint density at radius 2 is 2.14 bits per heavy atom. The summed E-state index contributed by atoms with van der Waals surface area (Å²) in [5, 5.41) is 19.3. The summed E-state index contributed by atoms with van der Waals surface area (Å²) in [6, 6.07) is 0. The van der Waals surface area contributed by atoms with E-state index in [1.165, 1.54) is 0 Å². The molecule has 2 rings (SSSR count). The fourth-order valence-corrected chi connectivity index (χ4v) is 2.86. The summed E-state index contributed by atoms with van der Waals surface area (Å²) in [6.45, 7) is 2.90. The minimum Gasteiger partial charge on any atom is -0.481 e. The largest absolute Gasteiger partial charge is 0.481 e. The van der Waals surface area contributed by atoms with Crippen molar-refractivity contribution in [3.05, 3.63) is 27.6 Å². The molecule has 2 aromatic heterocycles. The molecule has 8 heteroatoms. The Bertz CT molecular complexity index is 623. The maximum absolute atomic E-state index is 10.8. The fraction of sp³-hybridized carbons (Fsp3) is 0.538. The normalized spacial score (nSPS) is 12.7. The van der Waals surface area contributed by atoms with Crippen LogP contribution in [-0.4, -0.2) is 45.5 Å². The topological polar surface area (TPSA) is 74.3 Å². The predicted molar refractivity (Wildman–Crippen MR) is 80.4 cm³/mol. The molecule has 2 heterocycles. The van der Waals surface area contributed by atoms with Gasteiger partial charge in [-0.1, -0.05) is 0 Å². The number of aromatic nitrogens is 4. The number of hydrogen-bond acceptors (Lipinski definition) is 5. The lowest BCUT2D eigenvalue weighted by molar-refractivity contribution is 0.169. The first-order valence-corrected chi connectivity index (χ1v) is 7.26. The molecule has 116 valence electrons. The Labute approximate surface area is 131 Å². The van der Waals surface area contributed by atoms with Gasteiger partial charge in [-0.25, -0.2) is 4.68 Å². The molecule has 0 aliphatic carbocycles. The summed E-state index contributed by atoms with van der Waals surface area (Å²) in [7, 11) is 4.96. The maximum atomic E-state index is 10.8. The lowest BCUT2D eigenvalue weighted by Crippen LogP contribution is -2.14. The summed E-state index contributed by atoms with van der Waals surface area (Å²) in [6.07, 6.45) is 0.772. The van der Waals surface area contributed by atoms with E-state index >= 15 is 0 Å². The summed E-state index contributed by atoms with van der Waals surface area (Å²) in [5.41, 5.74) is 2.01. The van der Waals surface area contributed by atoms with Gasteiger partial charge in [0.05, 0.1) is 47.9 Å². The molecule has 2 aromatic rings. The van der Waals surface area contributed by atoms with Crippen LogP contribution < -0.4 is 4.74 Å². The average molecular weight is 359 g/mol. The second-order valence-electron chi connectivity index (χ2n) is 4.63. The quantitative estimate of drug-likeness (QED) is 0.845. The number of halogens is 1. The van der Waals surface area contributed by atoms with E-state index in [4.69, 9.17) is 9.47 Å². The predicted octanol–water partition coefficient (Wildman–Crippen LogP) is 1.42. The Kier molecular flexibility index (Phi) is 5.02. The van der Waals surface area contributed by atoms with E-state index in [-0.39, 0.29) is 0 Å². The van der Waals surface area contributed by atoms with Crippen molar-refractivity contribution < 1.29 is 14.6 Å². The number of aliphatic hydroxyl groups is 1. The highest BCUT2D eigenvalue weighted by molar-refractivity contribution is 9.10. The first-order chi connectivity index (χ1) is 10.0. The van der Waals surface area contributed by atoms with Gasteiger partial charge < -0.3 is 14.6 Å². The first-order valence-electron chi connectivity index (χ1n) is 6.46. The molecule has 0 aliphatic heterocycles. The third-order valence-electron chi connectivity index (χ3n) is 3.28. The number of ether oxygens (including phenoxy) is 2. The van der Waals surface area contributed by atoms with Gasteiger partial charge in [0.25, 0.3) is 0 Å². The number of nitrogens with zero attached hydrogens (tertiary/aromatic N) is 4. The van der Waals surface area contributed by atoms with Gasteiger partial charge in [0.2, 0.25) is 5.88 Å². The van der Waals surface area contributed by atoms with Crippen molar-refractivity contribution in [2.24, 2.45) is 7.05 Å². The van der Waals surface area contributed by atoms with Crippen LogP contribution in [0.5, 0.6) is 5.88 Å². The van der Waals surface area contributed by atoms with Crippen LogP contribution in [0, 0.1) is 6.92 Å². The highest BCUT2D eigenvalue weighted by Crippen LogP contribution is 2.35. The molecular formula is C13H19BrN4O3. The molecule has 0 fully saturated rings. The average Bonchev–Trinajstić information content (AvgIpc) is 2.95. The standard InChI is InChI=1S/C13H19BrN4O3/c1-8-10(13(21-4)17(2)16-8)12(19)11-9(14)7-15-18(11)5-6-20-3/h7,12,19H,5-6H2,1-4H3. The minimum absolute atomic E-state index is 0.511. The number of methoxy groups -OCH3 is 2. The van der Waals surface area contributed by atoms with Gasteiger partial charge in [-0.2, -0.15) is 10.2 Å². The van der Waals surface area contributed by atoms with Crippen molar-refractivity contribution in [1.82, 2.24) is 19.6 Å². The molecule has 7 nitrogen and oxygen atoms in total. The summed E-state index contributed by atoms with van der Waals surface area (Å²) >= 11 is 3.43. The van der Waals surface area contributed by atoms with Crippen molar-refractivity contribution in [3.63, 3.8) is 0 Å². The van der Waals surface area contributed by atoms with E-state index in [1.807, 2.05) is 6.92 Å². The van der Waals surface area contributed by atoms with Crippen LogP contribution in [0.1, 0.15) is 23.1 Å². The van der Waals surface area contributed by atoms with Gasteiger partial charge in [0, 0.05) is 14.2 Å². The van der Waals surface area contributed by atoms with Crippen molar-refractivity contribution in [3.8, 4) is 5.88 Å². The van der Waals surface area contributed by atoms with Crippen molar-refractivity contribution in [2.75, 3.05) is 20.8 Å². The molecule has 0 aliphatic rings.